The maximum Gasteiger partial charge on any atom is 0.338 e. The van der Waals surface area contributed by atoms with Crippen LogP contribution in [-0.4, -0.2) is 25.4 Å². The first kappa shape index (κ1) is 34.4. The maximum atomic E-state index is 12.5. The Morgan fingerprint density at radius 1 is 0.925 bits per heavy atom. The molecule has 0 spiro atoms. The number of benzene rings is 3. The third-order valence-electron chi connectivity index (χ3n) is 6.12. The number of ether oxygens (including phenoxy) is 1. The fourth-order valence-electron chi connectivity index (χ4n) is 3.62. The van der Waals surface area contributed by atoms with Crippen molar-refractivity contribution in [1.82, 2.24) is 5.32 Å². The molecule has 0 heterocycles. The highest BCUT2D eigenvalue weighted by Crippen LogP contribution is 2.25. The van der Waals surface area contributed by atoms with Crippen molar-refractivity contribution in [3.8, 4) is 0 Å². The number of rotatable bonds is 8. The summed E-state index contributed by atoms with van der Waals surface area (Å²) in [7, 11) is 1.75. The number of nitrogens with one attached hydrogen (secondary N) is 1. The van der Waals surface area contributed by atoms with Gasteiger partial charge in [0.15, 0.2) is 17.9 Å². The molecule has 40 heavy (non-hydrogen) atoms. The minimum atomic E-state index is -0.801. The highest BCUT2D eigenvalue weighted by Gasteiger charge is 2.14. The average molecular weight is 552 g/mol. The summed E-state index contributed by atoms with van der Waals surface area (Å²) in [6, 6.07) is 19.6. The predicted molar refractivity (Wildman–Crippen MR) is 160 cm³/mol. The van der Waals surface area contributed by atoms with Crippen molar-refractivity contribution in [2.45, 2.75) is 67.5 Å². The van der Waals surface area contributed by atoms with Crippen LogP contribution in [0, 0.1) is 24.5 Å². The SMILES string of the molecule is C/C(=C(/C=O)c1ccc(C(=O)OC(C)C)cc1C)C(C)C.CCc1ccccc1.CNCc1ccc(F)c(F)c1. The fourth-order valence-corrected chi connectivity index (χ4v) is 3.62. The summed E-state index contributed by atoms with van der Waals surface area (Å²) >= 11 is 0. The van der Waals surface area contributed by atoms with Crippen LogP contribution in [0.1, 0.15) is 74.2 Å². The Morgan fingerprint density at radius 3 is 2.02 bits per heavy atom. The number of halogens is 2. The molecule has 0 saturated carbocycles. The topological polar surface area (TPSA) is 55.4 Å². The van der Waals surface area contributed by atoms with E-state index in [1.807, 2.05) is 39.8 Å². The number of esters is 1. The first-order chi connectivity index (χ1) is 18.9. The summed E-state index contributed by atoms with van der Waals surface area (Å²) < 4.78 is 30.0. The Balaban J connectivity index is 0.000000347. The molecule has 6 heteroatoms. The lowest BCUT2D eigenvalue weighted by molar-refractivity contribution is -0.103. The molecule has 0 radical (unpaired) electrons. The largest absolute Gasteiger partial charge is 0.459 e. The molecule has 1 N–H and O–H groups in total. The van der Waals surface area contributed by atoms with Gasteiger partial charge in [-0.15, -0.1) is 0 Å². The Hall–Kier alpha value is -3.64. The van der Waals surface area contributed by atoms with Gasteiger partial charge in [-0.25, -0.2) is 13.6 Å². The highest BCUT2D eigenvalue weighted by atomic mass is 19.2. The van der Waals surface area contributed by atoms with E-state index in [4.69, 9.17) is 4.74 Å². The standard InChI is InChI=1S/C18H24O3.C8H9F2N.C8H10/c1-11(2)14(6)17(10-19)16-8-7-15(9-13(16)5)18(20)21-12(3)4;1-11-5-6-2-3-7(9)8(10)4-6;1-2-8-6-4-3-5-7-8/h7-12H,1-6H3;2-4,11H,5H2,1H3;3-7H,2H2,1H3/b17-14+;;. The summed E-state index contributed by atoms with van der Waals surface area (Å²) in [4.78, 5) is 23.3. The van der Waals surface area contributed by atoms with Crippen molar-refractivity contribution < 1.29 is 23.1 Å². The van der Waals surface area contributed by atoms with Crippen LogP contribution in [-0.2, 0) is 22.5 Å². The molecule has 0 amide bonds. The predicted octanol–water partition coefficient (Wildman–Crippen LogP) is 8.12. The van der Waals surface area contributed by atoms with Gasteiger partial charge in [-0.3, -0.25) is 4.79 Å². The molecular weight excluding hydrogens is 508 g/mol. The normalized spacial score (nSPS) is 11.1. The molecule has 0 fully saturated rings. The molecular formula is C34H43F2NO3. The number of aryl methyl sites for hydroxylation is 2. The summed E-state index contributed by atoms with van der Waals surface area (Å²) in [5, 5.41) is 2.84. The second kappa shape index (κ2) is 17.9. The molecule has 0 atom stereocenters. The maximum absolute atomic E-state index is 12.5. The van der Waals surface area contributed by atoms with Crippen LogP contribution in [0.2, 0.25) is 0 Å². The second-order valence-electron chi connectivity index (χ2n) is 9.97. The van der Waals surface area contributed by atoms with E-state index in [2.05, 4.69) is 50.4 Å². The minimum Gasteiger partial charge on any atom is -0.459 e. The van der Waals surface area contributed by atoms with E-state index < -0.39 is 11.6 Å². The lowest BCUT2D eigenvalue weighted by Crippen LogP contribution is -2.12. The molecule has 0 saturated heterocycles. The number of allylic oxidation sites excluding steroid dienone is 2. The van der Waals surface area contributed by atoms with Gasteiger partial charge in [0, 0.05) is 12.1 Å². The van der Waals surface area contributed by atoms with E-state index in [0.717, 1.165) is 41.0 Å². The van der Waals surface area contributed by atoms with Gasteiger partial charge >= 0.3 is 5.97 Å². The fraction of sp³-hybridized carbons (Fsp3) is 0.353. The Bertz CT molecular complexity index is 1250. The van der Waals surface area contributed by atoms with Crippen molar-refractivity contribution in [3.63, 3.8) is 0 Å². The van der Waals surface area contributed by atoms with Crippen molar-refractivity contribution in [2.75, 3.05) is 7.05 Å². The zero-order valence-electron chi connectivity index (χ0n) is 25.0. The van der Waals surface area contributed by atoms with Gasteiger partial charge in [-0.1, -0.05) is 68.8 Å². The first-order valence-corrected chi connectivity index (χ1v) is 13.5. The molecule has 0 unspecified atom stereocenters. The molecule has 3 aromatic rings. The van der Waals surface area contributed by atoms with E-state index in [9.17, 15) is 18.4 Å². The Kier molecular flexibility index (Phi) is 15.3. The van der Waals surface area contributed by atoms with Crippen LogP contribution in [0.3, 0.4) is 0 Å². The molecule has 0 aliphatic heterocycles. The van der Waals surface area contributed by atoms with Crippen LogP contribution < -0.4 is 5.32 Å². The molecule has 216 valence electrons. The summed E-state index contributed by atoms with van der Waals surface area (Å²) in [5.74, 6) is -1.63. The van der Waals surface area contributed by atoms with E-state index in [1.165, 1.54) is 11.6 Å². The van der Waals surface area contributed by atoms with Gasteiger partial charge in [0.25, 0.3) is 0 Å². The van der Waals surface area contributed by atoms with Gasteiger partial charge in [-0.05, 0) is 93.6 Å². The van der Waals surface area contributed by atoms with E-state index in [1.54, 1.807) is 25.2 Å². The number of hydrogen-bond acceptors (Lipinski definition) is 4. The third-order valence-corrected chi connectivity index (χ3v) is 6.12. The van der Waals surface area contributed by atoms with Crippen LogP contribution in [0.5, 0.6) is 0 Å². The van der Waals surface area contributed by atoms with Crippen LogP contribution in [0.15, 0.2) is 72.3 Å². The Labute approximate surface area is 238 Å². The lowest BCUT2D eigenvalue weighted by atomic mass is 9.91. The van der Waals surface area contributed by atoms with Crippen LogP contribution >= 0.6 is 0 Å². The second-order valence-corrected chi connectivity index (χ2v) is 9.97. The number of carbonyl (C=O) groups excluding carboxylic acids is 2. The van der Waals surface area contributed by atoms with Gasteiger partial charge < -0.3 is 10.1 Å². The van der Waals surface area contributed by atoms with Gasteiger partial charge in [-0.2, -0.15) is 0 Å². The summed E-state index contributed by atoms with van der Waals surface area (Å²) in [6.07, 6.45) is 1.89. The molecule has 0 bridgehead atoms. The van der Waals surface area contributed by atoms with Gasteiger partial charge in [0.1, 0.15) is 0 Å². The van der Waals surface area contributed by atoms with Crippen molar-refractivity contribution in [1.29, 1.82) is 0 Å². The van der Waals surface area contributed by atoms with Crippen molar-refractivity contribution in [3.05, 3.63) is 112 Å². The summed E-state index contributed by atoms with van der Waals surface area (Å²) in [6.45, 7) is 14.3. The quantitative estimate of drug-likeness (QED) is 0.174. The van der Waals surface area contributed by atoms with Crippen LogP contribution in [0.25, 0.3) is 5.57 Å². The molecule has 3 rings (SSSR count). The number of aldehydes is 1. The monoisotopic (exact) mass is 551 g/mol. The zero-order valence-corrected chi connectivity index (χ0v) is 25.0. The summed E-state index contributed by atoms with van der Waals surface area (Å²) in [5.41, 5.74) is 6.18. The van der Waals surface area contributed by atoms with Gasteiger partial charge in [0.2, 0.25) is 0 Å². The zero-order chi connectivity index (χ0) is 30.2. The average Bonchev–Trinajstić information content (AvgIpc) is 2.92. The smallest absolute Gasteiger partial charge is 0.338 e. The molecule has 0 aromatic heterocycles. The van der Waals surface area contributed by atoms with E-state index in [-0.39, 0.29) is 12.1 Å². The molecule has 3 aromatic carbocycles. The molecule has 4 nitrogen and oxygen atoms in total. The van der Waals surface area contributed by atoms with Crippen molar-refractivity contribution in [2.24, 2.45) is 5.92 Å². The number of carbonyl (C=O) groups is 2. The first-order valence-electron chi connectivity index (χ1n) is 13.5. The third kappa shape index (κ3) is 11.6. The molecule has 0 aliphatic rings. The van der Waals surface area contributed by atoms with Crippen molar-refractivity contribution >= 4 is 17.8 Å². The number of hydrogen-bond donors (Lipinski definition) is 1. The van der Waals surface area contributed by atoms with Gasteiger partial charge in [0.05, 0.1) is 11.7 Å². The van der Waals surface area contributed by atoms with E-state index in [0.29, 0.717) is 23.6 Å². The van der Waals surface area contributed by atoms with Crippen LogP contribution in [0.4, 0.5) is 8.78 Å². The highest BCUT2D eigenvalue weighted by molar-refractivity contribution is 6.09. The van der Waals surface area contributed by atoms with E-state index >= 15 is 0 Å². The Morgan fingerprint density at radius 2 is 1.57 bits per heavy atom. The minimum absolute atomic E-state index is 0.147. The molecule has 0 aliphatic carbocycles. The lowest BCUT2D eigenvalue weighted by Gasteiger charge is -2.14.